The molecule has 4 nitrogen and oxygen atoms in total. The van der Waals surface area contributed by atoms with E-state index < -0.39 is 70.0 Å². The third-order valence-corrected chi connectivity index (χ3v) is 7.24. The molecule has 0 aliphatic rings. The second-order valence-corrected chi connectivity index (χ2v) is 10.00. The first-order valence-corrected chi connectivity index (χ1v) is 11.4. The monoisotopic (exact) mass is 754 g/mol. The van der Waals surface area contributed by atoms with Gasteiger partial charge in [-0.1, -0.05) is 0 Å². The first-order valence-electron chi connectivity index (χ1n) is 9.87. The van der Waals surface area contributed by atoms with E-state index in [4.69, 9.17) is 0 Å². The molecule has 23 heteroatoms. The van der Waals surface area contributed by atoms with Gasteiger partial charge in [-0.15, -0.1) is 0 Å². The third kappa shape index (κ3) is 6.28. The minimum absolute atomic E-state index is 0. The molecule has 1 N–H and O–H groups in total. The molecule has 0 rings (SSSR count). The Bertz CT molecular complexity index is 933. The van der Waals surface area contributed by atoms with Gasteiger partial charge in [-0.25, -0.2) is 13.1 Å². The highest BCUT2D eigenvalue weighted by molar-refractivity contribution is 7.90. The van der Waals surface area contributed by atoms with Crippen molar-refractivity contribution in [1.29, 1.82) is 0 Å². The lowest BCUT2D eigenvalue weighted by Crippen LogP contribution is -3.00. The van der Waals surface area contributed by atoms with E-state index in [2.05, 4.69) is 0 Å². The zero-order valence-corrected chi connectivity index (χ0v) is 22.5. The van der Waals surface area contributed by atoms with Gasteiger partial charge in [-0.3, -0.25) is 0 Å². The molecule has 0 fully saturated rings. The molecular weight excluding hydrogens is 734 g/mol. The maximum absolute atomic E-state index is 13.9. The molecule has 238 valence electrons. The molecule has 0 amide bonds. The summed E-state index contributed by atoms with van der Waals surface area (Å²) in [6.45, 7) is 2.59. The fourth-order valence-electron chi connectivity index (χ4n) is 2.62. The lowest BCUT2D eigenvalue weighted by molar-refractivity contribution is -0.906. The molecule has 0 aromatic heterocycles. The number of nitrogens with zero attached hydrogens (tertiary/aromatic N) is 1. The number of nitrogens with one attached hydrogen (secondary N) is 1. The zero-order valence-electron chi connectivity index (χ0n) is 19.5. The van der Waals surface area contributed by atoms with Gasteiger partial charge >= 0.3 is 47.0 Å². The second kappa shape index (κ2) is 11.6. The topological polar surface area (TPSA) is 46.2 Å². The molecule has 0 atom stereocenters. The van der Waals surface area contributed by atoms with Gasteiger partial charge in [0.1, 0.15) is 0 Å². The van der Waals surface area contributed by atoms with Gasteiger partial charge < -0.3 is 28.5 Å². The molecule has 0 saturated heterocycles. The van der Waals surface area contributed by atoms with Crippen LogP contribution in [0.1, 0.15) is 20.3 Å². The summed E-state index contributed by atoms with van der Waals surface area (Å²) in [7, 11) is -5.70. The van der Waals surface area contributed by atoms with Crippen molar-refractivity contribution >= 4 is 10.0 Å². The van der Waals surface area contributed by atoms with Crippen LogP contribution in [-0.4, -0.2) is 93.1 Å². The number of quaternary nitrogens is 1. The van der Waals surface area contributed by atoms with Crippen LogP contribution >= 0.6 is 0 Å². The van der Waals surface area contributed by atoms with Crippen molar-refractivity contribution in [3.05, 3.63) is 0 Å². The Balaban J connectivity index is 0. The fourth-order valence-corrected chi connectivity index (χ4v) is 3.68. The summed E-state index contributed by atoms with van der Waals surface area (Å²) in [4.78, 5) is 0. The Labute approximate surface area is 226 Å². The first-order chi connectivity index (χ1) is 16.3. The predicted molar refractivity (Wildman–Crippen MR) is 94.4 cm³/mol. The average Bonchev–Trinajstić information content (AvgIpc) is 2.74. The molecule has 0 aromatic rings. The lowest BCUT2D eigenvalue weighted by atomic mass is 9.91. The summed E-state index contributed by atoms with van der Waals surface area (Å²) in [5.41, 5.74) is 0. The first kappa shape index (κ1) is 40.5. The van der Waals surface area contributed by atoms with Crippen LogP contribution in [0.3, 0.4) is 0 Å². The highest BCUT2D eigenvalue weighted by Crippen LogP contribution is 2.64. The smallest absolute Gasteiger partial charge is 0.460 e. The van der Waals surface area contributed by atoms with Crippen LogP contribution in [0.2, 0.25) is 0 Å². The largest absolute Gasteiger partial charge is 1.00 e. The van der Waals surface area contributed by atoms with Crippen LogP contribution in [0.5, 0.6) is 0 Å². The number of hydrogen-bond donors (Lipinski definition) is 1. The summed E-state index contributed by atoms with van der Waals surface area (Å²) < 4.78 is 249. The van der Waals surface area contributed by atoms with Crippen molar-refractivity contribution in [3.63, 3.8) is 0 Å². The minimum Gasteiger partial charge on any atom is -1.00 e. The van der Waals surface area contributed by atoms with E-state index in [1.165, 1.54) is 7.05 Å². The molecule has 0 bridgehead atoms. The number of halogens is 18. The Morgan fingerprint density at radius 1 is 0.590 bits per heavy atom. The van der Waals surface area contributed by atoms with E-state index in [1.807, 2.05) is 0 Å². The van der Waals surface area contributed by atoms with Gasteiger partial charge in [0.25, 0.3) is 10.0 Å². The quantitative estimate of drug-likeness (QED) is 0.129. The van der Waals surface area contributed by atoms with Gasteiger partial charge in [0, 0.05) is 13.0 Å². The Hall–Kier alpha value is -0.590. The van der Waals surface area contributed by atoms with E-state index >= 15 is 0 Å². The standard InChI is InChI=1S/C16H20F17N2O2S.HI/c1-4-35(3,5-2)8-6-7-34-38(36,37)16(32,33)14(27,28)12(23,24)10(19,20)9(17,18)11(21,22)13(25,26)15(29,30)31;/h34H,4-8H2,1-3H3;1H/q+1;/p-1. The molecule has 39 heavy (non-hydrogen) atoms. The van der Waals surface area contributed by atoms with Gasteiger partial charge in [0.15, 0.2) is 0 Å². The highest BCUT2D eigenvalue weighted by atomic mass is 127. The molecule has 0 unspecified atom stereocenters. The van der Waals surface area contributed by atoms with Gasteiger partial charge in [0.05, 0.1) is 26.7 Å². The molecular formula is C16H20F17IN2O2S. The van der Waals surface area contributed by atoms with Crippen molar-refractivity contribution in [2.75, 3.05) is 33.2 Å². The molecule has 0 radical (unpaired) electrons. The third-order valence-electron chi connectivity index (χ3n) is 5.72. The van der Waals surface area contributed by atoms with Gasteiger partial charge in [0.2, 0.25) is 0 Å². The molecule has 0 aliphatic carbocycles. The van der Waals surface area contributed by atoms with Crippen molar-refractivity contribution in [2.45, 2.75) is 67.2 Å². The summed E-state index contributed by atoms with van der Waals surface area (Å²) >= 11 is 0. The SMILES string of the molecule is CC[N+](C)(CC)CCCNS(=O)(=O)C(F)(F)C(F)(F)C(F)(F)C(F)(F)C(F)(F)C(F)(F)C(F)(F)C(F)(F)F.[I-]. The van der Waals surface area contributed by atoms with Crippen molar-refractivity contribution in [3.8, 4) is 0 Å². The maximum Gasteiger partial charge on any atom is 0.460 e. The van der Waals surface area contributed by atoms with Crippen LogP contribution in [0, 0.1) is 0 Å². The molecule has 0 aromatic carbocycles. The number of hydrogen-bond acceptors (Lipinski definition) is 2. The Morgan fingerprint density at radius 3 is 1.21 bits per heavy atom. The van der Waals surface area contributed by atoms with Crippen LogP contribution in [0.4, 0.5) is 74.6 Å². The van der Waals surface area contributed by atoms with E-state index in [9.17, 15) is 83.1 Å². The van der Waals surface area contributed by atoms with Crippen molar-refractivity contribution < 1.29 is 112 Å². The van der Waals surface area contributed by atoms with Crippen LogP contribution in [0.25, 0.3) is 0 Å². The highest BCUT2D eigenvalue weighted by Gasteiger charge is 2.96. The summed E-state index contributed by atoms with van der Waals surface area (Å²) in [6, 6.07) is 0. The van der Waals surface area contributed by atoms with Crippen molar-refractivity contribution in [2.24, 2.45) is 0 Å². The normalized spacial score (nSPS) is 15.8. The lowest BCUT2D eigenvalue weighted by Gasteiger charge is -2.42. The Kier molecular flexibility index (Phi) is 12.1. The van der Waals surface area contributed by atoms with Crippen LogP contribution in [0.15, 0.2) is 0 Å². The molecule has 0 heterocycles. The van der Waals surface area contributed by atoms with E-state index in [0.717, 1.165) is 0 Å². The summed E-state index contributed by atoms with van der Waals surface area (Å²) in [6.07, 6.45) is -8.35. The van der Waals surface area contributed by atoms with Gasteiger partial charge in [-0.2, -0.15) is 74.6 Å². The van der Waals surface area contributed by atoms with Crippen LogP contribution < -0.4 is 28.7 Å². The number of rotatable bonds is 14. The van der Waals surface area contributed by atoms with Crippen LogP contribution in [-0.2, 0) is 10.0 Å². The maximum atomic E-state index is 13.9. The van der Waals surface area contributed by atoms with E-state index in [0.29, 0.717) is 17.8 Å². The van der Waals surface area contributed by atoms with Crippen molar-refractivity contribution in [1.82, 2.24) is 4.72 Å². The predicted octanol–water partition coefficient (Wildman–Crippen LogP) is 2.75. The van der Waals surface area contributed by atoms with E-state index in [-0.39, 0.29) is 35.0 Å². The number of alkyl halides is 17. The summed E-state index contributed by atoms with van der Waals surface area (Å²) in [5.74, 6) is -51.5. The van der Waals surface area contributed by atoms with E-state index in [1.54, 1.807) is 13.8 Å². The average molecular weight is 754 g/mol. The van der Waals surface area contributed by atoms with Gasteiger partial charge in [-0.05, 0) is 13.8 Å². The number of sulfonamides is 1. The second-order valence-electron chi connectivity index (χ2n) is 8.19. The Morgan fingerprint density at radius 2 is 0.897 bits per heavy atom. The fraction of sp³-hybridized carbons (Fsp3) is 1.00. The zero-order chi connectivity index (χ0) is 31.2. The molecule has 0 spiro atoms. The summed E-state index contributed by atoms with van der Waals surface area (Å²) in [5, 5.41) is -7.53. The molecule has 0 saturated carbocycles. The minimum atomic E-state index is -8.83. The molecule has 0 aliphatic heterocycles.